The molecule has 0 radical (unpaired) electrons. The molecule has 2 N–H and O–H groups in total. The number of likely N-dealkylation sites (tertiary alicyclic amines) is 1. The highest BCUT2D eigenvalue weighted by Gasteiger charge is 2.38. The van der Waals surface area contributed by atoms with E-state index in [2.05, 4.69) is 5.32 Å². The largest absolute Gasteiger partial charge is 0.388 e. The summed E-state index contributed by atoms with van der Waals surface area (Å²) in [5.41, 5.74) is -1.53. The second-order valence-corrected chi connectivity index (χ2v) is 5.66. The van der Waals surface area contributed by atoms with E-state index in [1.165, 1.54) is 4.90 Å². The molecule has 0 bridgehead atoms. The monoisotopic (exact) mass is 302 g/mol. The van der Waals surface area contributed by atoms with Gasteiger partial charge in [0.05, 0.1) is 17.3 Å². The lowest BCUT2D eigenvalue weighted by molar-refractivity contribution is 0.0117. The minimum atomic E-state index is -1.63. The van der Waals surface area contributed by atoms with Crippen molar-refractivity contribution in [3.63, 3.8) is 0 Å². The van der Waals surface area contributed by atoms with Crippen molar-refractivity contribution in [1.82, 2.24) is 4.90 Å². The van der Waals surface area contributed by atoms with Gasteiger partial charge in [-0.05, 0) is 38.8 Å². The Bertz CT molecular complexity index is 558. The van der Waals surface area contributed by atoms with Crippen LogP contribution in [0.1, 0.15) is 26.7 Å². The zero-order chi connectivity index (χ0) is 15.8. The summed E-state index contributed by atoms with van der Waals surface area (Å²) in [7, 11) is 0. The second kappa shape index (κ2) is 5.55. The highest BCUT2D eigenvalue weighted by molar-refractivity contribution is 5.90. The molecule has 0 saturated carbocycles. The molecule has 7 heteroatoms. The number of nitrogens with zero attached hydrogens (tertiary/aromatic N) is 1. The molecule has 1 aromatic rings. The Labute approximate surface area is 120 Å². The number of carbonyl (C=O) groups is 1. The number of nitrogens with one attached hydrogen (secondary N) is 1. The molecule has 0 aromatic heterocycles. The zero-order valence-electron chi connectivity index (χ0n) is 11.8. The van der Waals surface area contributed by atoms with Crippen molar-refractivity contribution >= 4 is 11.7 Å². The third kappa shape index (κ3) is 3.12. The predicted octanol–water partition coefficient (Wildman–Crippen LogP) is 2.87. The van der Waals surface area contributed by atoms with Gasteiger partial charge in [-0.15, -0.1) is 0 Å². The fourth-order valence-electron chi connectivity index (χ4n) is 2.55. The van der Waals surface area contributed by atoms with Crippen LogP contribution >= 0.6 is 0 Å². The summed E-state index contributed by atoms with van der Waals surface area (Å²) < 4.78 is 39.5. The molecule has 0 spiro atoms. The highest BCUT2D eigenvalue weighted by Crippen LogP contribution is 2.28. The van der Waals surface area contributed by atoms with Crippen LogP contribution < -0.4 is 5.32 Å². The highest BCUT2D eigenvalue weighted by atomic mass is 19.2. The molecule has 1 fully saturated rings. The maximum absolute atomic E-state index is 13.5. The third-order valence-electron chi connectivity index (χ3n) is 3.61. The summed E-state index contributed by atoms with van der Waals surface area (Å²) >= 11 is 0. The van der Waals surface area contributed by atoms with E-state index in [1.54, 1.807) is 13.8 Å². The summed E-state index contributed by atoms with van der Waals surface area (Å²) in [5, 5.41) is 12.2. The number of halogens is 3. The second-order valence-electron chi connectivity index (χ2n) is 5.66. The summed E-state index contributed by atoms with van der Waals surface area (Å²) in [5.74, 6) is -4.39. The van der Waals surface area contributed by atoms with Crippen LogP contribution in [0, 0.1) is 17.5 Å². The third-order valence-corrected chi connectivity index (χ3v) is 3.61. The van der Waals surface area contributed by atoms with Crippen molar-refractivity contribution in [3.8, 4) is 0 Å². The van der Waals surface area contributed by atoms with Gasteiger partial charge in [-0.3, -0.25) is 0 Å². The van der Waals surface area contributed by atoms with Crippen LogP contribution in [0.15, 0.2) is 12.1 Å². The molecule has 2 rings (SSSR count). The number of amides is 2. The minimum Gasteiger partial charge on any atom is -0.388 e. The number of hydrogen-bond acceptors (Lipinski definition) is 2. The number of urea groups is 1. The Kier molecular flexibility index (Phi) is 4.13. The van der Waals surface area contributed by atoms with Gasteiger partial charge in [-0.1, -0.05) is 0 Å². The average molecular weight is 302 g/mol. The zero-order valence-corrected chi connectivity index (χ0v) is 11.8. The smallest absolute Gasteiger partial charge is 0.322 e. The maximum atomic E-state index is 13.5. The van der Waals surface area contributed by atoms with Crippen LogP contribution in [0.25, 0.3) is 0 Å². The van der Waals surface area contributed by atoms with Gasteiger partial charge in [-0.2, -0.15) is 0 Å². The lowest BCUT2D eigenvalue weighted by Gasteiger charge is -2.33. The number of anilines is 1. The van der Waals surface area contributed by atoms with Crippen LogP contribution in [-0.2, 0) is 0 Å². The van der Waals surface area contributed by atoms with E-state index in [-0.39, 0.29) is 0 Å². The summed E-state index contributed by atoms with van der Waals surface area (Å²) in [6.45, 7) is 3.58. The summed E-state index contributed by atoms with van der Waals surface area (Å²) in [6.07, 6.45) is 1.33. The molecular weight excluding hydrogens is 285 g/mol. The molecule has 1 saturated heterocycles. The summed E-state index contributed by atoms with van der Waals surface area (Å²) in [6, 6.07) is 0.641. The van der Waals surface area contributed by atoms with Crippen LogP contribution in [0.2, 0.25) is 0 Å². The van der Waals surface area contributed by atoms with Gasteiger partial charge >= 0.3 is 6.03 Å². The molecule has 2 amide bonds. The number of hydrogen-bond donors (Lipinski definition) is 2. The van der Waals surface area contributed by atoms with Gasteiger partial charge in [0.1, 0.15) is 0 Å². The standard InChI is InChI=1S/C14H17F3N2O2/c1-14(2,21)10-4-3-7-19(10)13(20)18-9-6-5-8(15)11(16)12(9)17/h5-6,10,21H,3-4,7H2,1-2H3,(H,18,20). The SMILES string of the molecule is CC(C)(O)C1CCCN1C(=O)Nc1ccc(F)c(F)c1F. The van der Waals surface area contributed by atoms with Crippen LogP contribution in [0.4, 0.5) is 23.7 Å². The molecule has 21 heavy (non-hydrogen) atoms. The van der Waals surface area contributed by atoms with Crippen molar-refractivity contribution in [2.24, 2.45) is 0 Å². The topological polar surface area (TPSA) is 52.6 Å². The van der Waals surface area contributed by atoms with Gasteiger partial charge in [0.2, 0.25) is 0 Å². The molecule has 1 aliphatic rings. The van der Waals surface area contributed by atoms with Crippen molar-refractivity contribution in [2.45, 2.75) is 38.3 Å². The van der Waals surface area contributed by atoms with E-state index in [0.29, 0.717) is 19.4 Å². The number of carbonyl (C=O) groups excluding carboxylic acids is 1. The fourth-order valence-corrected chi connectivity index (χ4v) is 2.55. The normalized spacial score (nSPS) is 19.0. The molecule has 1 aromatic carbocycles. The first kappa shape index (κ1) is 15.6. The molecule has 1 heterocycles. The van der Waals surface area contributed by atoms with E-state index in [9.17, 15) is 23.1 Å². The Morgan fingerprint density at radius 2 is 2.00 bits per heavy atom. The molecule has 0 aliphatic carbocycles. The minimum absolute atomic E-state index is 0.409. The Balaban J connectivity index is 2.17. The average Bonchev–Trinajstić information content (AvgIpc) is 2.89. The predicted molar refractivity (Wildman–Crippen MR) is 71.4 cm³/mol. The Morgan fingerprint density at radius 3 is 2.62 bits per heavy atom. The van der Waals surface area contributed by atoms with Gasteiger partial charge in [0.15, 0.2) is 17.5 Å². The molecule has 1 unspecified atom stereocenters. The Hall–Kier alpha value is -1.76. The molecular formula is C14H17F3N2O2. The first-order valence-corrected chi connectivity index (χ1v) is 6.65. The van der Waals surface area contributed by atoms with Crippen LogP contribution in [0.5, 0.6) is 0 Å². The van der Waals surface area contributed by atoms with Gasteiger partial charge in [0.25, 0.3) is 0 Å². The lowest BCUT2D eigenvalue weighted by Crippen LogP contribution is -2.49. The van der Waals surface area contributed by atoms with Crippen molar-refractivity contribution in [2.75, 3.05) is 11.9 Å². The van der Waals surface area contributed by atoms with Gasteiger partial charge < -0.3 is 15.3 Å². The number of benzene rings is 1. The number of aliphatic hydroxyl groups is 1. The quantitative estimate of drug-likeness (QED) is 0.825. The van der Waals surface area contributed by atoms with E-state index < -0.39 is 40.8 Å². The first-order chi connectivity index (χ1) is 9.71. The van der Waals surface area contributed by atoms with E-state index in [0.717, 1.165) is 12.1 Å². The molecule has 116 valence electrons. The fraction of sp³-hybridized carbons (Fsp3) is 0.500. The maximum Gasteiger partial charge on any atom is 0.322 e. The van der Waals surface area contributed by atoms with Crippen LogP contribution in [0.3, 0.4) is 0 Å². The molecule has 4 nitrogen and oxygen atoms in total. The molecule has 1 atom stereocenters. The van der Waals surface area contributed by atoms with Gasteiger partial charge in [0, 0.05) is 6.54 Å². The Morgan fingerprint density at radius 1 is 1.33 bits per heavy atom. The summed E-state index contributed by atoms with van der Waals surface area (Å²) in [4.78, 5) is 13.5. The van der Waals surface area contributed by atoms with E-state index in [1.807, 2.05) is 0 Å². The van der Waals surface area contributed by atoms with E-state index in [4.69, 9.17) is 0 Å². The first-order valence-electron chi connectivity index (χ1n) is 6.65. The van der Waals surface area contributed by atoms with E-state index >= 15 is 0 Å². The van der Waals surface area contributed by atoms with Crippen molar-refractivity contribution < 1.29 is 23.1 Å². The molecule has 1 aliphatic heterocycles. The number of rotatable bonds is 2. The van der Waals surface area contributed by atoms with Crippen molar-refractivity contribution in [3.05, 3.63) is 29.6 Å². The van der Waals surface area contributed by atoms with Gasteiger partial charge in [-0.25, -0.2) is 18.0 Å². The van der Waals surface area contributed by atoms with Crippen molar-refractivity contribution in [1.29, 1.82) is 0 Å². The lowest BCUT2D eigenvalue weighted by atomic mass is 9.97. The van der Waals surface area contributed by atoms with Crippen LogP contribution in [-0.4, -0.2) is 34.2 Å².